The molecule has 0 atom stereocenters. The van der Waals surface area contributed by atoms with Gasteiger partial charge in [-0.1, -0.05) is 15.9 Å². The molecule has 0 saturated heterocycles. The van der Waals surface area contributed by atoms with Gasteiger partial charge in [-0.3, -0.25) is 4.79 Å². The topological polar surface area (TPSA) is 55.8 Å². The maximum absolute atomic E-state index is 10.3. The molecule has 0 bridgehead atoms. The predicted molar refractivity (Wildman–Crippen MR) is 58.4 cm³/mol. The predicted octanol–water partition coefficient (Wildman–Crippen LogP) is 2.31. The lowest BCUT2D eigenvalue weighted by molar-refractivity contribution is -0.137. The average Bonchev–Trinajstić information content (AvgIpc) is 2.19. The van der Waals surface area contributed by atoms with Crippen molar-refractivity contribution in [3.8, 4) is 11.5 Å². The van der Waals surface area contributed by atoms with Gasteiger partial charge in [0.2, 0.25) is 0 Å². The summed E-state index contributed by atoms with van der Waals surface area (Å²) in [5, 5.41) is 8.44. The standard InChI is InChI=1S/C10H11BrO4/c1-14-9-6-7(11)2-3-8(9)15-5-4-10(12)13/h2-3,6H,4-5H2,1H3,(H,12,13). The number of carboxylic acid groups (broad SMARTS) is 1. The van der Waals surface area contributed by atoms with Gasteiger partial charge in [-0.2, -0.15) is 0 Å². The minimum absolute atomic E-state index is 0.0286. The Hall–Kier alpha value is -1.23. The largest absolute Gasteiger partial charge is 0.493 e. The number of carbonyl (C=O) groups is 1. The number of aliphatic carboxylic acids is 1. The van der Waals surface area contributed by atoms with Crippen LogP contribution in [0.15, 0.2) is 22.7 Å². The van der Waals surface area contributed by atoms with Crippen LogP contribution in [-0.4, -0.2) is 24.8 Å². The van der Waals surface area contributed by atoms with E-state index in [2.05, 4.69) is 15.9 Å². The van der Waals surface area contributed by atoms with Gasteiger partial charge in [-0.25, -0.2) is 0 Å². The van der Waals surface area contributed by atoms with E-state index in [1.54, 1.807) is 18.2 Å². The van der Waals surface area contributed by atoms with Gasteiger partial charge in [0, 0.05) is 4.47 Å². The van der Waals surface area contributed by atoms with Crippen LogP contribution in [0, 0.1) is 0 Å². The number of methoxy groups -OCH3 is 1. The first-order valence-corrected chi connectivity index (χ1v) is 5.11. The van der Waals surface area contributed by atoms with E-state index in [1.165, 1.54) is 7.11 Å². The molecule has 0 unspecified atom stereocenters. The molecule has 0 radical (unpaired) electrons. The normalized spacial score (nSPS) is 9.73. The Balaban J connectivity index is 2.63. The first kappa shape index (κ1) is 11.8. The monoisotopic (exact) mass is 274 g/mol. The molecule has 82 valence electrons. The lowest BCUT2D eigenvalue weighted by Gasteiger charge is -2.09. The summed E-state index contributed by atoms with van der Waals surface area (Å²) >= 11 is 3.30. The smallest absolute Gasteiger partial charge is 0.306 e. The Morgan fingerprint density at radius 1 is 1.47 bits per heavy atom. The Labute approximate surface area is 95.9 Å². The third-order valence-electron chi connectivity index (χ3n) is 1.70. The van der Waals surface area contributed by atoms with E-state index in [4.69, 9.17) is 14.6 Å². The maximum atomic E-state index is 10.3. The summed E-state index contributed by atoms with van der Waals surface area (Å²) in [6.45, 7) is 0.132. The van der Waals surface area contributed by atoms with Crippen LogP contribution in [0.25, 0.3) is 0 Å². The fraction of sp³-hybridized carbons (Fsp3) is 0.300. The summed E-state index contributed by atoms with van der Waals surface area (Å²) in [4.78, 5) is 10.3. The first-order valence-electron chi connectivity index (χ1n) is 4.31. The van der Waals surface area contributed by atoms with Gasteiger partial charge in [-0.05, 0) is 18.2 Å². The zero-order chi connectivity index (χ0) is 11.3. The van der Waals surface area contributed by atoms with Gasteiger partial charge >= 0.3 is 5.97 Å². The number of ether oxygens (including phenoxy) is 2. The van der Waals surface area contributed by atoms with Gasteiger partial charge in [0.15, 0.2) is 11.5 Å². The van der Waals surface area contributed by atoms with Crippen LogP contribution >= 0.6 is 15.9 Å². The van der Waals surface area contributed by atoms with E-state index in [1.807, 2.05) is 0 Å². The van der Waals surface area contributed by atoms with Crippen LogP contribution in [0.2, 0.25) is 0 Å². The highest BCUT2D eigenvalue weighted by atomic mass is 79.9. The molecule has 0 saturated carbocycles. The molecule has 0 aliphatic carbocycles. The van der Waals surface area contributed by atoms with E-state index in [0.717, 1.165) is 4.47 Å². The van der Waals surface area contributed by atoms with Gasteiger partial charge in [-0.15, -0.1) is 0 Å². The molecule has 0 aliphatic rings. The molecule has 0 spiro atoms. The van der Waals surface area contributed by atoms with Crippen molar-refractivity contribution in [3.63, 3.8) is 0 Å². The van der Waals surface area contributed by atoms with Crippen molar-refractivity contribution < 1.29 is 19.4 Å². The van der Waals surface area contributed by atoms with Crippen LogP contribution in [-0.2, 0) is 4.79 Å². The van der Waals surface area contributed by atoms with Crippen LogP contribution in [0.3, 0.4) is 0 Å². The number of hydrogen-bond donors (Lipinski definition) is 1. The summed E-state index contributed by atoms with van der Waals surface area (Å²) in [6, 6.07) is 5.29. The summed E-state index contributed by atoms with van der Waals surface area (Å²) in [5.74, 6) is 0.239. The SMILES string of the molecule is COc1cc(Br)ccc1OCCC(=O)O. The highest BCUT2D eigenvalue weighted by Crippen LogP contribution is 2.30. The Morgan fingerprint density at radius 3 is 2.80 bits per heavy atom. The summed E-state index contributed by atoms with van der Waals surface area (Å²) < 4.78 is 11.2. The Morgan fingerprint density at radius 2 is 2.20 bits per heavy atom. The fourth-order valence-electron chi connectivity index (χ4n) is 1.01. The molecule has 1 aromatic rings. The molecular formula is C10H11BrO4. The van der Waals surface area contributed by atoms with Gasteiger partial charge < -0.3 is 14.6 Å². The molecule has 0 fully saturated rings. The van der Waals surface area contributed by atoms with E-state index < -0.39 is 5.97 Å². The van der Waals surface area contributed by atoms with Crippen LogP contribution < -0.4 is 9.47 Å². The zero-order valence-corrected chi connectivity index (χ0v) is 9.78. The zero-order valence-electron chi connectivity index (χ0n) is 8.20. The van der Waals surface area contributed by atoms with Crippen LogP contribution in [0.5, 0.6) is 11.5 Å². The summed E-state index contributed by atoms with van der Waals surface area (Å²) in [6.07, 6.45) is -0.0286. The maximum Gasteiger partial charge on any atom is 0.306 e. The quantitative estimate of drug-likeness (QED) is 0.895. The molecule has 0 aromatic heterocycles. The number of carboxylic acids is 1. The summed E-state index contributed by atoms with van der Waals surface area (Å²) in [5.41, 5.74) is 0. The molecule has 1 aromatic carbocycles. The second-order valence-electron chi connectivity index (χ2n) is 2.79. The highest BCUT2D eigenvalue weighted by Gasteiger charge is 2.05. The molecule has 5 heteroatoms. The van der Waals surface area contributed by atoms with Crippen molar-refractivity contribution in [1.82, 2.24) is 0 Å². The minimum atomic E-state index is -0.883. The molecule has 0 aliphatic heterocycles. The number of benzene rings is 1. The third kappa shape index (κ3) is 3.79. The second kappa shape index (κ2) is 5.60. The molecule has 15 heavy (non-hydrogen) atoms. The first-order chi connectivity index (χ1) is 7.13. The lowest BCUT2D eigenvalue weighted by atomic mass is 10.3. The van der Waals surface area contributed by atoms with Crippen molar-refractivity contribution in [1.29, 1.82) is 0 Å². The number of halogens is 1. The van der Waals surface area contributed by atoms with E-state index in [9.17, 15) is 4.79 Å². The molecule has 4 nitrogen and oxygen atoms in total. The van der Waals surface area contributed by atoms with E-state index in [-0.39, 0.29) is 13.0 Å². The van der Waals surface area contributed by atoms with Crippen LogP contribution in [0.1, 0.15) is 6.42 Å². The molecule has 1 rings (SSSR count). The van der Waals surface area contributed by atoms with Crippen LogP contribution in [0.4, 0.5) is 0 Å². The third-order valence-corrected chi connectivity index (χ3v) is 2.19. The Kier molecular flexibility index (Phi) is 4.42. The summed E-state index contributed by atoms with van der Waals surface area (Å²) in [7, 11) is 1.53. The molecular weight excluding hydrogens is 264 g/mol. The van der Waals surface area contributed by atoms with Crippen molar-refractivity contribution in [2.45, 2.75) is 6.42 Å². The second-order valence-corrected chi connectivity index (χ2v) is 3.70. The minimum Gasteiger partial charge on any atom is -0.493 e. The molecule has 0 heterocycles. The molecule has 1 N–H and O–H groups in total. The van der Waals surface area contributed by atoms with Gasteiger partial charge in [0.05, 0.1) is 20.1 Å². The van der Waals surface area contributed by atoms with E-state index in [0.29, 0.717) is 11.5 Å². The van der Waals surface area contributed by atoms with Gasteiger partial charge in [0.1, 0.15) is 0 Å². The van der Waals surface area contributed by atoms with Crippen molar-refractivity contribution in [2.75, 3.05) is 13.7 Å². The lowest BCUT2D eigenvalue weighted by Crippen LogP contribution is -2.05. The number of hydrogen-bond acceptors (Lipinski definition) is 3. The van der Waals surface area contributed by atoms with Crippen molar-refractivity contribution in [3.05, 3.63) is 22.7 Å². The van der Waals surface area contributed by atoms with Crippen molar-refractivity contribution in [2.24, 2.45) is 0 Å². The Bertz CT molecular complexity index is 351. The van der Waals surface area contributed by atoms with Crippen molar-refractivity contribution >= 4 is 21.9 Å². The van der Waals surface area contributed by atoms with E-state index >= 15 is 0 Å². The average molecular weight is 275 g/mol. The fourth-order valence-corrected chi connectivity index (χ4v) is 1.35. The molecule has 0 amide bonds. The van der Waals surface area contributed by atoms with Gasteiger partial charge in [0.25, 0.3) is 0 Å². The number of rotatable bonds is 5. The highest BCUT2D eigenvalue weighted by molar-refractivity contribution is 9.10.